The van der Waals surface area contributed by atoms with Crippen molar-refractivity contribution in [1.29, 1.82) is 0 Å². The average Bonchev–Trinajstić information content (AvgIpc) is 2.73. The van der Waals surface area contributed by atoms with Crippen molar-refractivity contribution in [2.45, 2.75) is 6.61 Å². The van der Waals surface area contributed by atoms with Gasteiger partial charge in [0.15, 0.2) is 5.75 Å². The first-order valence-electron chi connectivity index (χ1n) is 4.26. The first kappa shape index (κ1) is 11.6. The van der Waals surface area contributed by atoms with Crippen LogP contribution in [0.5, 0.6) is 10.9 Å². The third-order valence-electron chi connectivity index (χ3n) is 1.70. The summed E-state index contributed by atoms with van der Waals surface area (Å²) in [6.45, 7) is -0.162. The van der Waals surface area contributed by atoms with Gasteiger partial charge in [-0.05, 0) is 12.1 Å². The number of rotatable bonds is 3. The molecule has 1 aromatic carbocycles. The fourth-order valence-corrected chi connectivity index (χ4v) is 1.89. The van der Waals surface area contributed by atoms with Crippen molar-refractivity contribution in [3.8, 4) is 10.9 Å². The molecular formula is C9H6Cl2N2O2S. The third-order valence-corrected chi connectivity index (χ3v) is 3.28. The molecule has 0 amide bonds. The van der Waals surface area contributed by atoms with Crippen LogP contribution in [0.1, 0.15) is 5.01 Å². The minimum absolute atomic E-state index is 0.162. The van der Waals surface area contributed by atoms with Gasteiger partial charge in [0.1, 0.15) is 10.0 Å². The molecule has 1 N–H and O–H groups in total. The number of aliphatic hydroxyl groups excluding tert-OH is 1. The Morgan fingerprint density at radius 3 is 2.81 bits per heavy atom. The predicted molar refractivity (Wildman–Crippen MR) is 62.4 cm³/mol. The fourth-order valence-electron chi connectivity index (χ4n) is 1.00. The van der Waals surface area contributed by atoms with E-state index < -0.39 is 0 Å². The highest BCUT2D eigenvalue weighted by Gasteiger charge is 2.10. The van der Waals surface area contributed by atoms with Crippen molar-refractivity contribution < 1.29 is 9.84 Å². The summed E-state index contributed by atoms with van der Waals surface area (Å²) in [5, 5.41) is 17.8. The molecule has 0 saturated heterocycles. The standard InChI is InChI=1S/C9H6Cl2N2O2S/c10-5-2-1-3-6(8(5)11)15-9-13-12-7(4-14)16-9/h1-3,14H,4H2. The number of ether oxygens (including phenoxy) is 1. The predicted octanol–water partition coefficient (Wildman–Crippen LogP) is 3.13. The molecule has 7 heteroatoms. The lowest BCUT2D eigenvalue weighted by atomic mass is 10.3. The molecule has 0 aliphatic rings. The summed E-state index contributed by atoms with van der Waals surface area (Å²) in [4.78, 5) is 0. The lowest BCUT2D eigenvalue weighted by molar-refractivity contribution is 0.280. The molecule has 1 heterocycles. The number of aromatic nitrogens is 2. The maximum absolute atomic E-state index is 8.82. The summed E-state index contributed by atoms with van der Waals surface area (Å²) in [5.41, 5.74) is 0. The molecule has 0 atom stereocenters. The minimum atomic E-state index is -0.162. The first-order chi connectivity index (χ1) is 7.70. The van der Waals surface area contributed by atoms with E-state index in [1.165, 1.54) is 0 Å². The lowest BCUT2D eigenvalue weighted by Gasteiger charge is -2.03. The Labute approximate surface area is 105 Å². The van der Waals surface area contributed by atoms with Crippen LogP contribution in [0.4, 0.5) is 0 Å². The van der Waals surface area contributed by atoms with Crippen molar-refractivity contribution in [3.05, 3.63) is 33.3 Å². The zero-order chi connectivity index (χ0) is 11.5. The number of nitrogens with zero attached hydrogens (tertiary/aromatic N) is 2. The molecule has 0 radical (unpaired) electrons. The molecule has 1 aromatic heterocycles. The van der Waals surface area contributed by atoms with E-state index in [-0.39, 0.29) is 6.61 Å². The van der Waals surface area contributed by atoms with Crippen LogP contribution in [0.25, 0.3) is 0 Å². The van der Waals surface area contributed by atoms with Crippen LogP contribution in [0, 0.1) is 0 Å². The van der Waals surface area contributed by atoms with Crippen molar-refractivity contribution in [1.82, 2.24) is 10.2 Å². The summed E-state index contributed by atoms with van der Waals surface area (Å²) in [7, 11) is 0. The molecule has 0 unspecified atom stereocenters. The maximum Gasteiger partial charge on any atom is 0.299 e. The molecule has 84 valence electrons. The molecule has 0 fully saturated rings. The molecule has 2 rings (SSSR count). The highest BCUT2D eigenvalue weighted by Crippen LogP contribution is 2.35. The lowest BCUT2D eigenvalue weighted by Crippen LogP contribution is -1.84. The van der Waals surface area contributed by atoms with E-state index in [0.29, 0.717) is 26.0 Å². The topological polar surface area (TPSA) is 55.2 Å². The zero-order valence-electron chi connectivity index (χ0n) is 7.85. The van der Waals surface area contributed by atoms with E-state index >= 15 is 0 Å². The van der Waals surface area contributed by atoms with Crippen LogP contribution in [-0.4, -0.2) is 15.3 Å². The van der Waals surface area contributed by atoms with Gasteiger partial charge in [-0.25, -0.2) is 0 Å². The number of benzene rings is 1. The molecule has 0 saturated carbocycles. The van der Waals surface area contributed by atoms with E-state index in [0.717, 1.165) is 11.3 Å². The Morgan fingerprint density at radius 1 is 1.31 bits per heavy atom. The molecule has 2 aromatic rings. The van der Waals surface area contributed by atoms with Crippen LogP contribution in [0.3, 0.4) is 0 Å². The molecule has 0 bridgehead atoms. The number of aliphatic hydroxyl groups is 1. The average molecular weight is 277 g/mol. The number of hydrogen-bond acceptors (Lipinski definition) is 5. The number of hydrogen-bond donors (Lipinski definition) is 1. The van der Waals surface area contributed by atoms with Gasteiger partial charge >= 0.3 is 0 Å². The largest absolute Gasteiger partial charge is 0.428 e. The second-order valence-electron chi connectivity index (χ2n) is 2.77. The smallest absolute Gasteiger partial charge is 0.299 e. The Kier molecular flexibility index (Phi) is 3.60. The molecule has 16 heavy (non-hydrogen) atoms. The summed E-state index contributed by atoms with van der Waals surface area (Å²) in [5.74, 6) is 0.412. The Bertz CT molecular complexity index is 504. The van der Waals surface area contributed by atoms with Gasteiger partial charge in [0.25, 0.3) is 5.19 Å². The van der Waals surface area contributed by atoms with Crippen LogP contribution in [0.2, 0.25) is 10.0 Å². The van der Waals surface area contributed by atoms with Crippen molar-refractivity contribution in [3.63, 3.8) is 0 Å². The second kappa shape index (κ2) is 4.97. The van der Waals surface area contributed by atoms with E-state index in [2.05, 4.69) is 10.2 Å². The zero-order valence-corrected chi connectivity index (χ0v) is 10.2. The monoisotopic (exact) mass is 276 g/mol. The van der Waals surface area contributed by atoms with Crippen molar-refractivity contribution in [2.75, 3.05) is 0 Å². The minimum Gasteiger partial charge on any atom is -0.428 e. The van der Waals surface area contributed by atoms with Gasteiger partial charge < -0.3 is 9.84 Å². The van der Waals surface area contributed by atoms with E-state index in [1.807, 2.05) is 0 Å². The summed E-state index contributed by atoms with van der Waals surface area (Å²) in [6, 6.07) is 5.06. The molecule has 4 nitrogen and oxygen atoms in total. The van der Waals surface area contributed by atoms with Gasteiger partial charge in [0.2, 0.25) is 0 Å². The van der Waals surface area contributed by atoms with Gasteiger partial charge in [0, 0.05) is 0 Å². The van der Waals surface area contributed by atoms with Gasteiger partial charge in [0.05, 0.1) is 11.6 Å². The van der Waals surface area contributed by atoms with Crippen LogP contribution >= 0.6 is 34.5 Å². The molecule has 0 spiro atoms. The molecular weight excluding hydrogens is 271 g/mol. The van der Waals surface area contributed by atoms with Gasteiger partial charge in [-0.1, -0.05) is 45.7 Å². The second-order valence-corrected chi connectivity index (χ2v) is 4.58. The summed E-state index contributed by atoms with van der Waals surface area (Å²) >= 11 is 12.9. The van der Waals surface area contributed by atoms with Gasteiger partial charge in [-0.3, -0.25) is 0 Å². The van der Waals surface area contributed by atoms with E-state index in [9.17, 15) is 0 Å². The summed E-state index contributed by atoms with van der Waals surface area (Å²) < 4.78 is 5.39. The van der Waals surface area contributed by atoms with Gasteiger partial charge in [-0.2, -0.15) is 0 Å². The van der Waals surface area contributed by atoms with Crippen LogP contribution < -0.4 is 4.74 Å². The fraction of sp³-hybridized carbons (Fsp3) is 0.111. The number of halogens is 2. The van der Waals surface area contributed by atoms with Crippen LogP contribution in [0.15, 0.2) is 18.2 Å². The summed E-state index contributed by atoms with van der Waals surface area (Å²) in [6.07, 6.45) is 0. The van der Waals surface area contributed by atoms with E-state index in [1.54, 1.807) is 18.2 Å². The molecule has 0 aliphatic heterocycles. The normalized spacial score (nSPS) is 10.4. The van der Waals surface area contributed by atoms with Crippen molar-refractivity contribution >= 4 is 34.5 Å². The Morgan fingerprint density at radius 2 is 2.12 bits per heavy atom. The van der Waals surface area contributed by atoms with Crippen LogP contribution in [-0.2, 0) is 6.61 Å². The Hall–Kier alpha value is -0.880. The Balaban J connectivity index is 2.23. The highest BCUT2D eigenvalue weighted by atomic mass is 35.5. The quantitative estimate of drug-likeness (QED) is 0.936. The highest BCUT2D eigenvalue weighted by molar-refractivity contribution is 7.13. The molecule has 0 aliphatic carbocycles. The van der Waals surface area contributed by atoms with E-state index in [4.69, 9.17) is 33.0 Å². The third kappa shape index (κ3) is 2.44. The van der Waals surface area contributed by atoms with Crippen molar-refractivity contribution in [2.24, 2.45) is 0 Å². The maximum atomic E-state index is 8.82. The first-order valence-corrected chi connectivity index (χ1v) is 5.83. The SMILES string of the molecule is OCc1nnc(Oc2cccc(Cl)c2Cl)s1. The van der Waals surface area contributed by atoms with Gasteiger partial charge in [-0.15, -0.1) is 5.10 Å².